The van der Waals surface area contributed by atoms with Gasteiger partial charge in [0.25, 0.3) is 0 Å². The summed E-state index contributed by atoms with van der Waals surface area (Å²) in [4.78, 5) is 3.35. The van der Waals surface area contributed by atoms with Crippen molar-refractivity contribution in [3.8, 4) is 0 Å². The van der Waals surface area contributed by atoms with Gasteiger partial charge in [0.05, 0.1) is 10.7 Å². The molecule has 0 aliphatic carbocycles. The second-order valence-electron chi connectivity index (χ2n) is 9.09. The number of thiocarbonyl (C=S) groups is 1. The van der Waals surface area contributed by atoms with Crippen LogP contribution < -0.4 is 4.90 Å². The fourth-order valence-corrected chi connectivity index (χ4v) is 3.81. The predicted molar refractivity (Wildman–Crippen MR) is 113 cm³/mol. The summed E-state index contributed by atoms with van der Waals surface area (Å²) in [6, 6.07) is 15.6. The SMILES string of the molecule is CC(C)(C)c1ccc(C(C)(C)C)c(N2C(=S)CCc3ccccc32)c1. The molecule has 0 atom stereocenters. The molecule has 2 aromatic carbocycles. The largest absolute Gasteiger partial charge is 0.304 e. The lowest BCUT2D eigenvalue weighted by atomic mass is 9.80. The smallest absolute Gasteiger partial charge is 0.0873 e. The zero-order valence-electron chi connectivity index (χ0n) is 16.3. The maximum atomic E-state index is 5.83. The Kier molecular flexibility index (Phi) is 4.53. The molecule has 0 bridgehead atoms. The van der Waals surface area contributed by atoms with Gasteiger partial charge in [-0.1, -0.05) is 84.1 Å². The van der Waals surface area contributed by atoms with E-state index in [9.17, 15) is 0 Å². The molecule has 0 aromatic heterocycles. The van der Waals surface area contributed by atoms with E-state index in [1.54, 1.807) is 0 Å². The minimum Gasteiger partial charge on any atom is -0.304 e. The van der Waals surface area contributed by atoms with Crippen molar-refractivity contribution in [3.63, 3.8) is 0 Å². The minimum absolute atomic E-state index is 0.0632. The average Bonchev–Trinajstić information content (AvgIpc) is 2.52. The Morgan fingerprint density at radius 3 is 2.12 bits per heavy atom. The summed E-state index contributed by atoms with van der Waals surface area (Å²) in [5.74, 6) is 0. The van der Waals surface area contributed by atoms with Crippen LogP contribution >= 0.6 is 12.2 Å². The number of nitrogens with zero attached hydrogens (tertiary/aromatic N) is 1. The van der Waals surface area contributed by atoms with Crippen molar-refractivity contribution in [1.29, 1.82) is 0 Å². The molecule has 0 saturated heterocycles. The van der Waals surface area contributed by atoms with Crippen LogP contribution in [-0.2, 0) is 17.3 Å². The molecule has 132 valence electrons. The Bertz CT molecular complexity index is 806. The highest BCUT2D eigenvalue weighted by molar-refractivity contribution is 7.80. The van der Waals surface area contributed by atoms with E-state index in [0.29, 0.717) is 0 Å². The van der Waals surface area contributed by atoms with Gasteiger partial charge in [-0.05, 0) is 46.1 Å². The van der Waals surface area contributed by atoms with Gasteiger partial charge in [0.1, 0.15) is 0 Å². The molecule has 0 spiro atoms. The molecular weight excluding hydrogens is 322 g/mol. The van der Waals surface area contributed by atoms with E-state index in [4.69, 9.17) is 12.2 Å². The van der Waals surface area contributed by atoms with Crippen LogP contribution in [0.4, 0.5) is 11.4 Å². The van der Waals surface area contributed by atoms with Gasteiger partial charge in [-0.3, -0.25) is 0 Å². The first-order valence-corrected chi connectivity index (χ1v) is 9.56. The summed E-state index contributed by atoms with van der Waals surface area (Å²) in [7, 11) is 0. The lowest BCUT2D eigenvalue weighted by Crippen LogP contribution is -2.32. The van der Waals surface area contributed by atoms with Gasteiger partial charge < -0.3 is 4.90 Å². The summed E-state index contributed by atoms with van der Waals surface area (Å²) in [6.45, 7) is 13.6. The molecule has 0 amide bonds. The number of hydrogen-bond donors (Lipinski definition) is 0. The lowest BCUT2D eigenvalue weighted by Gasteiger charge is -2.37. The highest BCUT2D eigenvalue weighted by Crippen LogP contribution is 2.42. The fourth-order valence-electron chi connectivity index (χ4n) is 3.51. The number of hydrogen-bond acceptors (Lipinski definition) is 1. The van der Waals surface area contributed by atoms with Crippen molar-refractivity contribution >= 4 is 28.6 Å². The summed E-state index contributed by atoms with van der Waals surface area (Å²) in [6.07, 6.45) is 1.98. The van der Waals surface area contributed by atoms with E-state index in [0.717, 1.165) is 17.8 Å². The highest BCUT2D eigenvalue weighted by Gasteiger charge is 2.29. The minimum atomic E-state index is 0.0632. The first kappa shape index (κ1) is 18.1. The summed E-state index contributed by atoms with van der Waals surface area (Å²) in [5, 5.41) is 0. The molecular formula is C23H29NS. The molecule has 0 saturated carbocycles. The molecule has 1 heterocycles. The summed E-state index contributed by atoms with van der Waals surface area (Å²) < 4.78 is 0. The molecule has 0 radical (unpaired) electrons. The molecule has 1 aliphatic heterocycles. The van der Waals surface area contributed by atoms with Crippen LogP contribution in [-0.4, -0.2) is 4.99 Å². The maximum absolute atomic E-state index is 5.83. The van der Waals surface area contributed by atoms with Crippen molar-refractivity contribution in [2.24, 2.45) is 0 Å². The predicted octanol–water partition coefficient (Wildman–Crippen LogP) is 6.69. The molecule has 3 rings (SSSR count). The van der Waals surface area contributed by atoms with Gasteiger partial charge in [0.2, 0.25) is 0 Å². The van der Waals surface area contributed by atoms with Gasteiger partial charge in [0, 0.05) is 12.1 Å². The number of fused-ring (bicyclic) bond motifs is 1. The van der Waals surface area contributed by atoms with Gasteiger partial charge in [-0.2, -0.15) is 0 Å². The van der Waals surface area contributed by atoms with Crippen molar-refractivity contribution in [2.45, 2.75) is 65.2 Å². The van der Waals surface area contributed by atoms with Crippen LogP contribution in [0.25, 0.3) is 0 Å². The zero-order chi connectivity index (χ0) is 18.4. The van der Waals surface area contributed by atoms with E-state index in [-0.39, 0.29) is 10.8 Å². The van der Waals surface area contributed by atoms with Crippen molar-refractivity contribution in [2.75, 3.05) is 4.90 Å². The van der Waals surface area contributed by atoms with Gasteiger partial charge >= 0.3 is 0 Å². The Balaban J connectivity index is 2.26. The molecule has 2 heteroatoms. The van der Waals surface area contributed by atoms with E-state index >= 15 is 0 Å². The standard InChI is InChI=1S/C23H29NS/c1-22(2,3)17-12-13-18(23(4,5)6)20(15-17)24-19-10-8-7-9-16(19)11-14-21(24)25/h7-10,12-13,15H,11,14H2,1-6H3. The molecule has 1 nitrogen and oxygen atoms in total. The highest BCUT2D eigenvalue weighted by atomic mass is 32.1. The van der Waals surface area contributed by atoms with Gasteiger partial charge in [-0.15, -0.1) is 0 Å². The van der Waals surface area contributed by atoms with Crippen LogP contribution in [0.2, 0.25) is 0 Å². The number of anilines is 2. The maximum Gasteiger partial charge on any atom is 0.0873 e. The monoisotopic (exact) mass is 351 g/mol. The second-order valence-corrected chi connectivity index (χ2v) is 9.56. The number of para-hydroxylation sites is 1. The molecule has 25 heavy (non-hydrogen) atoms. The number of aryl methyl sites for hydroxylation is 1. The van der Waals surface area contributed by atoms with Crippen LogP contribution in [0.5, 0.6) is 0 Å². The average molecular weight is 352 g/mol. The van der Waals surface area contributed by atoms with E-state index in [1.165, 1.54) is 28.1 Å². The van der Waals surface area contributed by atoms with Crippen molar-refractivity contribution in [1.82, 2.24) is 0 Å². The Labute approximate surface area is 158 Å². The van der Waals surface area contributed by atoms with Crippen LogP contribution in [0, 0.1) is 0 Å². The van der Waals surface area contributed by atoms with Crippen LogP contribution in [0.1, 0.15) is 64.7 Å². The van der Waals surface area contributed by atoms with E-state index < -0.39 is 0 Å². The first-order chi connectivity index (χ1) is 11.6. The summed E-state index contributed by atoms with van der Waals surface area (Å²) >= 11 is 5.83. The van der Waals surface area contributed by atoms with Crippen LogP contribution in [0.3, 0.4) is 0 Å². The topological polar surface area (TPSA) is 3.24 Å². The Morgan fingerprint density at radius 2 is 1.48 bits per heavy atom. The number of rotatable bonds is 1. The van der Waals surface area contributed by atoms with Gasteiger partial charge in [-0.25, -0.2) is 0 Å². The third-order valence-corrected chi connectivity index (χ3v) is 5.39. The normalized spacial score (nSPS) is 15.3. The molecule has 2 aromatic rings. The van der Waals surface area contributed by atoms with E-state index in [1.807, 2.05) is 0 Å². The zero-order valence-corrected chi connectivity index (χ0v) is 17.1. The summed E-state index contributed by atoms with van der Waals surface area (Å²) in [5.41, 5.74) is 6.75. The Morgan fingerprint density at radius 1 is 0.800 bits per heavy atom. The molecule has 0 unspecified atom stereocenters. The lowest BCUT2D eigenvalue weighted by molar-refractivity contribution is 0.577. The van der Waals surface area contributed by atoms with Crippen LogP contribution in [0.15, 0.2) is 42.5 Å². The number of benzene rings is 2. The van der Waals surface area contributed by atoms with E-state index in [2.05, 4.69) is 88.9 Å². The third kappa shape index (κ3) is 3.50. The first-order valence-electron chi connectivity index (χ1n) is 9.15. The molecule has 1 aliphatic rings. The van der Waals surface area contributed by atoms with Crippen molar-refractivity contribution < 1.29 is 0 Å². The van der Waals surface area contributed by atoms with Gasteiger partial charge in [0.15, 0.2) is 0 Å². The molecule has 0 N–H and O–H groups in total. The quantitative estimate of drug-likeness (QED) is 0.526. The Hall–Kier alpha value is -1.67. The fraction of sp³-hybridized carbons (Fsp3) is 0.435. The second kappa shape index (κ2) is 6.25. The third-order valence-electron chi connectivity index (χ3n) is 5.00. The molecule has 0 fully saturated rings. The van der Waals surface area contributed by atoms with Crippen molar-refractivity contribution in [3.05, 3.63) is 59.2 Å².